The molecule has 0 unspecified atom stereocenters. The molecule has 0 saturated heterocycles. The molecule has 0 spiro atoms. The normalized spacial score (nSPS) is 10.7. The van der Waals surface area contributed by atoms with Gasteiger partial charge in [0.25, 0.3) is 0 Å². The molecule has 3 aromatic rings. The summed E-state index contributed by atoms with van der Waals surface area (Å²) in [5.74, 6) is -0.824. The van der Waals surface area contributed by atoms with Crippen molar-refractivity contribution in [2.24, 2.45) is 0 Å². The average molecular weight is 303 g/mol. The Bertz CT molecular complexity index is 798. The minimum Gasteiger partial charge on any atom is -0.482 e. The lowest BCUT2D eigenvalue weighted by Gasteiger charge is -2.01. The number of nitrogens with zero attached hydrogens (tertiary/aromatic N) is 1. The summed E-state index contributed by atoms with van der Waals surface area (Å²) < 4.78 is 19.0. The summed E-state index contributed by atoms with van der Waals surface area (Å²) in [7, 11) is 0. The molecular weight excluding hydrogens is 293 g/mol. The quantitative estimate of drug-likeness (QED) is 0.800. The minimum atomic E-state index is -1.02. The highest BCUT2D eigenvalue weighted by atomic mass is 32.1. The number of hydrogen-bond donors (Lipinski definition) is 1. The maximum Gasteiger partial charge on any atom is 0.341 e. The van der Waals surface area contributed by atoms with Crippen LogP contribution in [0.2, 0.25) is 0 Å². The Morgan fingerprint density at radius 1 is 1.24 bits per heavy atom. The first-order valence-corrected chi connectivity index (χ1v) is 6.94. The Labute approximate surface area is 123 Å². The van der Waals surface area contributed by atoms with Gasteiger partial charge in [0.15, 0.2) is 6.61 Å². The fourth-order valence-electron chi connectivity index (χ4n) is 1.86. The lowest BCUT2D eigenvalue weighted by atomic mass is 10.2. The van der Waals surface area contributed by atoms with Crippen LogP contribution in [0.3, 0.4) is 0 Å². The lowest BCUT2D eigenvalue weighted by Crippen LogP contribution is -2.09. The molecule has 0 aliphatic heterocycles. The Kier molecular flexibility index (Phi) is 3.53. The third-order valence-corrected chi connectivity index (χ3v) is 3.88. The standard InChI is InChI=1S/C15H10FNO3S/c16-10-3-1-9(2-4-10)15-17-12-6-5-11(7-13(12)21-15)20-8-14(18)19/h1-7H,8H2,(H,18,19). The molecule has 0 aliphatic rings. The highest BCUT2D eigenvalue weighted by molar-refractivity contribution is 7.21. The highest BCUT2D eigenvalue weighted by Crippen LogP contribution is 2.32. The number of halogens is 1. The minimum absolute atomic E-state index is 0.288. The maximum atomic E-state index is 12.9. The molecule has 0 saturated carbocycles. The van der Waals surface area contributed by atoms with Crippen molar-refractivity contribution in [2.75, 3.05) is 6.61 Å². The molecule has 1 aromatic heterocycles. The Hall–Kier alpha value is -2.47. The topological polar surface area (TPSA) is 59.4 Å². The summed E-state index contributed by atoms with van der Waals surface area (Å²) in [6.07, 6.45) is 0. The van der Waals surface area contributed by atoms with Gasteiger partial charge in [0.2, 0.25) is 0 Å². The van der Waals surface area contributed by atoms with Gasteiger partial charge in [-0.3, -0.25) is 0 Å². The first kappa shape index (κ1) is 13.5. The molecule has 106 valence electrons. The predicted octanol–water partition coefficient (Wildman–Crippen LogP) is 3.57. The summed E-state index contributed by atoms with van der Waals surface area (Å²) >= 11 is 1.44. The van der Waals surface area contributed by atoms with Crippen molar-refractivity contribution in [1.29, 1.82) is 0 Å². The highest BCUT2D eigenvalue weighted by Gasteiger charge is 2.08. The van der Waals surface area contributed by atoms with Crippen molar-refractivity contribution in [1.82, 2.24) is 4.98 Å². The van der Waals surface area contributed by atoms with E-state index in [0.29, 0.717) is 5.75 Å². The van der Waals surface area contributed by atoms with Crippen molar-refractivity contribution in [2.45, 2.75) is 0 Å². The van der Waals surface area contributed by atoms with Crippen LogP contribution in [0.15, 0.2) is 42.5 Å². The molecular formula is C15H10FNO3S. The van der Waals surface area contributed by atoms with Gasteiger partial charge in [-0.1, -0.05) is 0 Å². The molecule has 4 nitrogen and oxygen atoms in total. The zero-order valence-corrected chi connectivity index (χ0v) is 11.6. The monoisotopic (exact) mass is 303 g/mol. The van der Waals surface area contributed by atoms with Crippen LogP contribution >= 0.6 is 11.3 Å². The van der Waals surface area contributed by atoms with E-state index in [2.05, 4.69) is 4.98 Å². The molecule has 2 aromatic carbocycles. The number of fused-ring (bicyclic) bond motifs is 1. The van der Waals surface area contributed by atoms with E-state index in [1.165, 1.54) is 23.5 Å². The number of hydrogen-bond acceptors (Lipinski definition) is 4. The summed E-state index contributed by atoms with van der Waals surface area (Å²) in [4.78, 5) is 15.0. The van der Waals surface area contributed by atoms with E-state index in [-0.39, 0.29) is 12.4 Å². The summed E-state index contributed by atoms with van der Waals surface area (Å²) in [5, 5.41) is 9.38. The molecule has 0 atom stereocenters. The zero-order valence-electron chi connectivity index (χ0n) is 10.7. The van der Waals surface area contributed by atoms with Crippen molar-refractivity contribution in [3.63, 3.8) is 0 Å². The van der Waals surface area contributed by atoms with Crippen LogP contribution in [0.5, 0.6) is 5.75 Å². The van der Waals surface area contributed by atoms with E-state index in [1.54, 1.807) is 30.3 Å². The number of carbonyl (C=O) groups is 1. The van der Waals surface area contributed by atoms with Crippen LogP contribution in [0.1, 0.15) is 0 Å². The largest absolute Gasteiger partial charge is 0.482 e. The fourth-order valence-corrected chi connectivity index (χ4v) is 2.86. The first-order valence-electron chi connectivity index (χ1n) is 6.13. The van der Waals surface area contributed by atoms with E-state index in [0.717, 1.165) is 20.8 Å². The number of ether oxygens (including phenoxy) is 1. The van der Waals surface area contributed by atoms with Gasteiger partial charge in [-0.15, -0.1) is 11.3 Å². The zero-order chi connectivity index (χ0) is 14.8. The smallest absolute Gasteiger partial charge is 0.341 e. The molecule has 0 amide bonds. The molecule has 6 heteroatoms. The van der Waals surface area contributed by atoms with Gasteiger partial charge < -0.3 is 9.84 Å². The third-order valence-electron chi connectivity index (χ3n) is 2.81. The van der Waals surface area contributed by atoms with Crippen molar-refractivity contribution in [3.8, 4) is 16.3 Å². The van der Waals surface area contributed by atoms with Gasteiger partial charge in [0, 0.05) is 5.56 Å². The second-order valence-corrected chi connectivity index (χ2v) is 5.37. The Morgan fingerprint density at radius 2 is 2.00 bits per heavy atom. The second-order valence-electron chi connectivity index (χ2n) is 4.34. The van der Waals surface area contributed by atoms with Crippen LogP contribution in [-0.2, 0) is 4.79 Å². The number of carboxylic acids is 1. The molecule has 0 aliphatic carbocycles. The molecule has 1 N–H and O–H groups in total. The van der Waals surface area contributed by atoms with Crippen molar-refractivity contribution < 1.29 is 19.0 Å². The van der Waals surface area contributed by atoms with Gasteiger partial charge in [-0.2, -0.15) is 0 Å². The number of aliphatic carboxylic acids is 1. The summed E-state index contributed by atoms with van der Waals surface area (Å²) in [6, 6.07) is 11.3. The van der Waals surface area contributed by atoms with Gasteiger partial charge in [-0.25, -0.2) is 14.2 Å². The van der Waals surface area contributed by atoms with Gasteiger partial charge in [-0.05, 0) is 42.5 Å². The summed E-state index contributed by atoms with van der Waals surface area (Å²) in [6.45, 7) is -0.380. The van der Waals surface area contributed by atoms with Crippen LogP contribution in [0.4, 0.5) is 4.39 Å². The third kappa shape index (κ3) is 3.00. The molecule has 0 radical (unpaired) electrons. The number of benzene rings is 2. The fraction of sp³-hybridized carbons (Fsp3) is 0.0667. The second kappa shape index (κ2) is 5.49. The first-order chi connectivity index (χ1) is 10.1. The van der Waals surface area contributed by atoms with E-state index in [4.69, 9.17) is 9.84 Å². The number of thiazole rings is 1. The molecule has 3 rings (SSSR count). The molecule has 1 heterocycles. The lowest BCUT2D eigenvalue weighted by molar-refractivity contribution is -0.139. The number of carboxylic acid groups (broad SMARTS) is 1. The maximum absolute atomic E-state index is 12.9. The van der Waals surface area contributed by atoms with E-state index in [1.807, 2.05) is 0 Å². The van der Waals surface area contributed by atoms with Crippen molar-refractivity contribution in [3.05, 3.63) is 48.3 Å². The van der Waals surface area contributed by atoms with Gasteiger partial charge in [0.1, 0.15) is 16.6 Å². The molecule has 21 heavy (non-hydrogen) atoms. The van der Waals surface area contributed by atoms with E-state index in [9.17, 15) is 9.18 Å². The predicted molar refractivity (Wildman–Crippen MR) is 78.1 cm³/mol. The number of aromatic nitrogens is 1. The van der Waals surface area contributed by atoms with E-state index < -0.39 is 5.97 Å². The summed E-state index contributed by atoms with van der Waals surface area (Å²) in [5.41, 5.74) is 1.63. The SMILES string of the molecule is O=C(O)COc1ccc2nc(-c3ccc(F)cc3)sc2c1. The van der Waals surface area contributed by atoms with Crippen molar-refractivity contribution >= 4 is 27.5 Å². The van der Waals surface area contributed by atoms with Gasteiger partial charge in [0.05, 0.1) is 10.2 Å². The van der Waals surface area contributed by atoms with Gasteiger partial charge >= 0.3 is 5.97 Å². The van der Waals surface area contributed by atoms with Crippen LogP contribution in [0.25, 0.3) is 20.8 Å². The average Bonchev–Trinajstić information content (AvgIpc) is 2.88. The van der Waals surface area contributed by atoms with Crippen LogP contribution in [0, 0.1) is 5.82 Å². The molecule has 0 fully saturated rings. The Balaban J connectivity index is 1.92. The number of rotatable bonds is 4. The Morgan fingerprint density at radius 3 is 2.71 bits per heavy atom. The molecule has 0 bridgehead atoms. The van der Waals surface area contributed by atoms with E-state index >= 15 is 0 Å². The van der Waals surface area contributed by atoms with Crippen LogP contribution < -0.4 is 4.74 Å². The van der Waals surface area contributed by atoms with Crippen LogP contribution in [-0.4, -0.2) is 22.7 Å².